The molecule has 0 aliphatic carbocycles. The molecule has 0 N–H and O–H groups in total. The Labute approximate surface area is 137 Å². The molecule has 24 heavy (non-hydrogen) atoms. The number of carbonyl (C=O) groups is 1. The summed E-state index contributed by atoms with van der Waals surface area (Å²) in [6, 6.07) is 15.0. The Balaban J connectivity index is 1.55. The Morgan fingerprint density at radius 3 is 2.58 bits per heavy atom. The molecule has 3 rings (SSSR count). The van der Waals surface area contributed by atoms with Gasteiger partial charge in [0.05, 0.1) is 0 Å². The second-order valence-corrected chi connectivity index (χ2v) is 4.86. The maximum atomic E-state index is 12.8. The largest absolute Gasteiger partial charge is 0.452 e. The van der Waals surface area contributed by atoms with E-state index in [1.54, 1.807) is 12.1 Å². The summed E-state index contributed by atoms with van der Waals surface area (Å²) in [5, 5.41) is 7.74. The lowest BCUT2D eigenvalue weighted by molar-refractivity contribution is -0.139. The molecule has 2 aromatic carbocycles. The SMILES string of the molecule is O=C(C=Cc1ccc(F)cc1)OCc1nnc(-c2ccccc2)o1. The monoisotopic (exact) mass is 324 g/mol. The van der Waals surface area contributed by atoms with Crippen LogP contribution in [0.5, 0.6) is 0 Å². The second-order valence-electron chi connectivity index (χ2n) is 4.86. The van der Waals surface area contributed by atoms with Crippen LogP contribution in [0.1, 0.15) is 11.5 Å². The van der Waals surface area contributed by atoms with Crippen LogP contribution in [0, 0.1) is 5.82 Å². The van der Waals surface area contributed by atoms with Crippen molar-refractivity contribution in [3.8, 4) is 11.5 Å². The van der Waals surface area contributed by atoms with Gasteiger partial charge in [0.15, 0.2) is 6.61 Å². The van der Waals surface area contributed by atoms with E-state index in [9.17, 15) is 9.18 Å². The Morgan fingerprint density at radius 1 is 1.08 bits per heavy atom. The number of halogens is 1. The Hall–Kier alpha value is -3.28. The predicted molar refractivity (Wildman–Crippen MR) is 85.0 cm³/mol. The lowest BCUT2D eigenvalue weighted by Gasteiger charge is -1.97. The topological polar surface area (TPSA) is 65.2 Å². The molecule has 0 spiro atoms. The molecule has 5 nitrogen and oxygen atoms in total. The van der Waals surface area contributed by atoms with Gasteiger partial charge in [-0.15, -0.1) is 10.2 Å². The molecular weight excluding hydrogens is 311 g/mol. The molecule has 0 saturated heterocycles. The maximum Gasteiger partial charge on any atom is 0.331 e. The number of carbonyl (C=O) groups excluding carboxylic acids is 1. The maximum absolute atomic E-state index is 12.8. The van der Waals surface area contributed by atoms with Crippen molar-refractivity contribution >= 4 is 12.0 Å². The van der Waals surface area contributed by atoms with E-state index in [1.807, 2.05) is 30.3 Å². The summed E-state index contributed by atoms with van der Waals surface area (Å²) in [5.41, 5.74) is 1.48. The molecule has 0 atom stereocenters. The van der Waals surface area contributed by atoms with Gasteiger partial charge in [-0.25, -0.2) is 9.18 Å². The van der Waals surface area contributed by atoms with Crippen molar-refractivity contribution < 1.29 is 18.3 Å². The van der Waals surface area contributed by atoms with Crippen LogP contribution in [0.2, 0.25) is 0 Å². The minimum Gasteiger partial charge on any atom is -0.452 e. The van der Waals surface area contributed by atoms with Gasteiger partial charge in [0.25, 0.3) is 5.89 Å². The third kappa shape index (κ3) is 4.13. The molecule has 1 heterocycles. The molecule has 0 aliphatic heterocycles. The summed E-state index contributed by atoms with van der Waals surface area (Å²) in [6.07, 6.45) is 2.78. The number of hydrogen-bond donors (Lipinski definition) is 0. The van der Waals surface area contributed by atoms with Crippen molar-refractivity contribution in [3.63, 3.8) is 0 Å². The minimum absolute atomic E-state index is 0.119. The number of ether oxygens (including phenoxy) is 1. The first-order valence-corrected chi connectivity index (χ1v) is 7.19. The number of rotatable bonds is 5. The van der Waals surface area contributed by atoms with Gasteiger partial charge < -0.3 is 9.15 Å². The van der Waals surface area contributed by atoms with Crippen molar-refractivity contribution in [1.29, 1.82) is 0 Å². The fourth-order valence-electron chi connectivity index (χ4n) is 1.93. The van der Waals surface area contributed by atoms with E-state index in [0.29, 0.717) is 11.5 Å². The van der Waals surface area contributed by atoms with E-state index >= 15 is 0 Å². The van der Waals surface area contributed by atoms with Crippen LogP contribution in [0.25, 0.3) is 17.5 Å². The van der Waals surface area contributed by atoms with Crippen LogP contribution in [-0.4, -0.2) is 16.2 Å². The van der Waals surface area contributed by atoms with Gasteiger partial charge in [0.2, 0.25) is 5.89 Å². The minimum atomic E-state index is -0.557. The molecule has 6 heteroatoms. The van der Waals surface area contributed by atoms with E-state index in [-0.39, 0.29) is 18.3 Å². The average molecular weight is 324 g/mol. The van der Waals surface area contributed by atoms with Crippen molar-refractivity contribution in [2.45, 2.75) is 6.61 Å². The first-order valence-electron chi connectivity index (χ1n) is 7.19. The van der Waals surface area contributed by atoms with Gasteiger partial charge in [0.1, 0.15) is 5.82 Å². The summed E-state index contributed by atoms with van der Waals surface area (Å²) < 4.78 is 23.2. The van der Waals surface area contributed by atoms with Crippen LogP contribution in [0.4, 0.5) is 4.39 Å². The number of benzene rings is 2. The number of esters is 1. The molecule has 0 bridgehead atoms. The van der Waals surface area contributed by atoms with Crippen LogP contribution in [0.15, 0.2) is 65.1 Å². The van der Waals surface area contributed by atoms with E-state index in [0.717, 1.165) is 5.56 Å². The van der Waals surface area contributed by atoms with Gasteiger partial charge in [-0.05, 0) is 35.9 Å². The molecule has 0 amide bonds. The molecule has 0 saturated carbocycles. The first kappa shape index (κ1) is 15.6. The molecule has 0 aliphatic rings. The molecule has 1 aromatic heterocycles. The highest BCUT2D eigenvalue weighted by atomic mass is 19.1. The second kappa shape index (κ2) is 7.32. The standard InChI is InChI=1S/C18H13FN2O3/c19-15-9-6-13(7-10-15)8-11-17(22)23-12-16-20-21-18(24-16)14-4-2-1-3-5-14/h1-11H,12H2. The number of nitrogens with zero attached hydrogens (tertiary/aromatic N) is 2. The molecule has 0 fully saturated rings. The predicted octanol–water partition coefficient (Wildman–Crippen LogP) is 3.63. The smallest absolute Gasteiger partial charge is 0.331 e. The van der Waals surface area contributed by atoms with Gasteiger partial charge in [0, 0.05) is 11.6 Å². The van der Waals surface area contributed by atoms with Gasteiger partial charge in [-0.2, -0.15) is 0 Å². The first-order chi connectivity index (χ1) is 11.7. The van der Waals surface area contributed by atoms with Gasteiger partial charge in [-0.1, -0.05) is 30.3 Å². The van der Waals surface area contributed by atoms with E-state index in [2.05, 4.69) is 10.2 Å². The lowest BCUT2D eigenvalue weighted by atomic mass is 10.2. The van der Waals surface area contributed by atoms with Crippen molar-refractivity contribution in [3.05, 3.63) is 77.9 Å². The van der Waals surface area contributed by atoms with Crippen molar-refractivity contribution in [2.75, 3.05) is 0 Å². The van der Waals surface area contributed by atoms with E-state index in [4.69, 9.17) is 9.15 Å². The zero-order valence-electron chi connectivity index (χ0n) is 12.6. The fourth-order valence-corrected chi connectivity index (χ4v) is 1.93. The molecule has 120 valence electrons. The highest BCUT2D eigenvalue weighted by Crippen LogP contribution is 2.17. The molecule has 3 aromatic rings. The Kier molecular flexibility index (Phi) is 4.76. The fraction of sp³-hybridized carbons (Fsp3) is 0.0556. The lowest BCUT2D eigenvalue weighted by Crippen LogP contribution is -2.00. The molecule has 0 unspecified atom stereocenters. The summed E-state index contributed by atoms with van der Waals surface area (Å²) in [5.74, 6) is -0.319. The molecule has 0 radical (unpaired) electrons. The Morgan fingerprint density at radius 2 is 1.83 bits per heavy atom. The average Bonchev–Trinajstić information content (AvgIpc) is 3.09. The summed E-state index contributed by atoms with van der Waals surface area (Å²) in [7, 11) is 0. The van der Waals surface area contributed by atoms with Crippen LogP contribution in [-0.2, 0) is 16.1 Å². The van der Waals surface area contributed by atoms with Crippen LogP contribution >= 0.6 is 0 Å². The third-order valence-corrected chi connectivity index (χ3v) is 3.11. The zero-order chi connectivity index (χ0) is 16.8. The van der Waals surface area contributed by atoms with Crippen molar-refractivity contribution in [2.24, 2.45) is 0 Å². The Bertz CT molecular complexity index is 842. The normalized spacial score (nSPS) is 10.9. The third-order valence-electron chi connectivity index (χ3n) is 3.11. The van der Waals surface area contributed by atoms with E-state index in [1.165, 1.54) is 24.3 Å². The van der Waals surface area contributed by atoms with Crippen LogP contribution in [0.3, 0.4) is 0 Å². The highest BCUT2D eigenvalue weighted by Gasteiger charge is 2.09. The zero-order valence-corrected chi connectivity index (χ0v) is 12.6. The van der Waals surface area contributed by atoms with Gasteiger partial charge >= 0.3 is 5.97 Å². The summed E-state index contributed by atoms with van der Waals surface area (Å²) in [6.45, 7) is -0.119. The number of hydrogen-bond acceptors (Lipinski definition) is 5. The number of aromatic nitrogens is 2. The summed E-state index contributed by atoms with van der Waals surface area (Å²) in [4.78, 5) is 11.7. The summed E-state index contributed by atoms with van der Waals surface area (Å²) >= 11 is 0. The van der Waals surface area contributed by atoms with Crippen molar-refractivity contribution in [1.82, 2.24) is 10.2 Å². The van der Waals surface area contributed by atoms with E-state index < -0.39 is 5.97 Å². The van der Waals surface area contributed by atoms with Gasteiger partial charge in [-0.3, -0.25) is 0 Å². The van der Waals surface area contributed by atoms with Crippen LogP contribution < -0.4 is 0 Å². The highest BCUT2D eigenvalue weighted by molar-refractivity contribution is 5.86. The molecular formula is C18H13FN2O3. The quantitative estimate of drug-likeness (QED) is 0.529.